The average molecular weight is 294 g/mol. The summed E-state index contributed by atoms with van der Waals surface area (Å²) >= 11 is 0. The van der Waals surface area contributed by atoms with Gasteiger partial charge in [-0.25, -0.2) is 0 Å². The molecular weight excluding hydrogens is 272 g/mol. The Bertz CT molecular complexity index is 643. The highest BCUT2D eigenvalue weighted by atomic mass is 16.1. The molecular formula is C19H22N2O. The van der Waals surface area contributed by atoms with Crippen LogP contribution in [0.15, 0.2) is 48.5 Å². The van der Waals surface area contributed by atoms with Crippen LogP contribution in [0.1, 0.15) is 28.8 Å². The van der Waals surface area contributed by atoms with Gasteiger partial charge in [-0.15, -0.1) is 0 Å². The van der Waals surface area contributed by atoms with Crippen molar-refractivity contribution in [3.05, 3.63) is 59.7 Å². The fraction of sp³-hybridized carbons (Fsp3) is 0.316. The van der Waals surface area contributed by atoms with Crippen molar-refractivity contribution in [1.82, 2.24) is 10.6 Å². The molecule has 1 aliphatic heterocycles. The van der Waals surface area contributed by atoms with Gasteiger partial charge in [0.15, 0.2) is 0 Å². The Morgan fingerprint density at radius 2 is 1.73 bits per heavy atom. The summed E-state index contributed by atoms with van der Waals surface area (Å²) in [6.45, 7) is 4.02. The third-order valence-corrected chi connectivity index (χ3v) is 4.21. The van der Waals surface area contributed by atoms with Crippen molar-refractivity contribution >= 4 is 5.91 Å². The highest BCUT2D eigenvalue weighted by Gasteiger charge is 2.18. The maximum absolute atomic E-state index is 12.6. The highest BCUT2D eigenvalue weighted by molar-refractivity contribution is 6.01. The number of hydrogen-bond acceptors (Lipinski definition) is 2. The maximum atomic E-state index is 12.6. The Morgan fingerprint density at radius 1 is 1.05 bits per heavy atom. The van der Waals surface area contributed by atoms with Crippen LogP contribution in [0.4, 0.5) is 0 Å². The van der Waals surface area contributed by atoms with Crippen molar-refractivity contribution in [3.63, 3.8) is 0 Å². The van der Waals surface area contributed by atoms with E-state index in [4.69, 9.17) is 0 Å². The first kappa shape index (κ1) is 14.8. The van der Waals surface area contributed by atoms with Crippen molar-refractivity contribution in [2.24, 2.45) is 0 Å². The predicted octanol–water partition coefficient (Wildman–Crippen LogP) is 3.14. The lowest BCUT2D eigenvalue weighted by Gasteiger charge is -2.24. The van der Waals surface area contributed by atoms with Crippen molar-refractivity contribution < 1.29 is 4.79 Å². The van der Waals surface area contributed by atoms with Crippen LogP contribution in [0.25, 0.3) is 11.1 Å². The van der Waals surface area contributed by atoms with Gasteiger partial charge in [0, 0.05) is 11.6 Å². The third kappa shape index (κ3) is 3.37. The van der Waals surface area contributed by atoms with E-state index in [1.54, 1.807) is 0 Å². The van der Waals surface area contributed by atoms with Gasteiger partial charge in [-0.1, -0.05) is 48.0 Å². The van der Waals surface area contributed by atoms with E-state index in [1.807, 2.05) is 24.3 Å². The first-order valence-electron chi connectivity index (χ1n) is 7.92. The predicted molar refractivity (Wildman–Crippen MR) is 90.0 cm³/mol. The van der Waals surface area contributed by atoms with E-state index in [0.29, 0.717) is 0 Å². The van der Waals surface area contributed by atoms with Gasteiger partial charge in [-0.2, -0.15) is 0 Å². The molecule has 2 aromatic carbocycles. The molecule has 0 atom stereocenters. The second-order valence-electron chi connectivity index (χ2n) is 5.91. The minimum Gasteiger partial charge on any atom is -0.349 e. The molecule has 2 aromatic rings. The Morgan fingerprint density at radius 3 is 2.45 bits per heavy atom. The van der Waals surface area contributed by atoms with Gasteiger partial charge in [0.25, 0.3) is 5.91 Å². The molecule has 0 unspecified atom stereocenters. The van der Waals surface area contributed by atoms with Crippen molar-refractivity contribution in [3.8, 4) is 11.1 Å². The standard InChI is InChI=1S/C19H22N2O/c1-14-6-8-15(9-7-14)17-4-2-3-5-18(17)19(22)21-16-10-12-20-13-11-16/h2-9,16,20H,10-13H2,1H3,(H,21,22). The van der Waals surface area contributed by atoms with E-state index in [0.717, 1.165) is 42.6 Å². The number of amides is 1. The molecule has 1 aliphatic rings. The quantitative estimate of drug-likeness (QED) is 0.913. The number of benzene rings is 2. The van der Waals surface area contributed by atoms with E-state index < -0.39 is 0 Å². The van der Waals surface area contributed by atoms with Gasteiger partial charge < -0.3 is 10.6 Å². The summed E-state index contributed by atoms with van der Waals surface area (Å²) in [6.07, 6.45) is 2.00. The summed E-state index contributed by atoms with van der Waals surface area (Å²) in [5, 5.41) is 6.50. The number of rotatable bonds is 3. The van der Waals surface area contributed by atoms with E-state index in [-0.39, 0.29) is 11.9 Å². The molecule has 3 nitrogen and oxygen atoms in total. The summed E-state index contributed by atoms with van der Waals surface area (Å²) in [6, 6.07) is 16.4. The molecule has 1 fully saturated rings. The first-order valence-corrected chi connectivity index (χ1v) is 7.92. The van der Waals surface area contributed by atoms with Crippen molar-refractivity contribution in [2.75, 3.05) is 13.1 Å². The molecule has 22 heavy (non-hydrogen) atoms. The summed E-state index contributed by atoms with van der Waals surface area (Å²) in [7, 11) is 0. The minimum atomic E-state index is 0.0306. The molecule has 3 rings (SSSR count). The lowest BCUT2D eigenvalue weighted by Crippen LogP contribution is -2.42. The lowest BCUT2D eigenvalue weighted by molar-refractivity contribution is 0.0930. The molecule has 0 bridgehead atoms. The van der Waals surface area contributed by atoms with Crippen LogP contribution >= 0.6 is 0 Å². The fourth-order valence-corrected chi connectivity index (χ4v) is 2.90. The highest BCUT2D eigenvalue weighted by Crippen LogP contribution is 2.24. The van der Waals surface area contributed by atoms with Crippen LogP contribution in [0.2, 0.25) is 0 Å². The molecule has 0 spiro atoms. The van der Waals surface area contributed by atoms with E-state index >= 15 is 0 Å². The van der Waals surface area contributed by atoms with E-state index in [2.05, 4.69) is 41.8 Å². The molecule has 2 N–H and O–H groups in total. The molecule has 0 aromatic heterocycles. The van der Waals surface area contributed by atoms with Gasteiger partial charge in [-0.05, 0) is 50.0 Å². The third-order valence-electron chi connectivity index (χ3n) is 4.21. The Labute approximate surface area is 131 Å². The monoisotopic (exact) mass is 294 g/mol. The van der Waals surface area contributed by atoms with Crippen molar-refractivity contribution in [2.45, 2.75) is 25.8 Å². The average Bonchev–Trinajstić information content (AvgIpc) is 2.56. The number of piperidine rings is 1. The molecule has 0 saturated carbocycles. The molecule has 1 heterocycles. The van der Waals surface area contributed by atoms with Gasteiger partial charge in [0.2, 0.25) is 0 Å². The van der Waals surface area contributed by atoms with Crippen molar-refractivity contribution in [1.29, 1.82) is 0 Å². The summed E-state index contributed by atoms with van der Waals surface area (Å²) in [5.41, 5.74) is 4.06. The first-order chi connectivity index (χ1) is 10.7. The number of nitrogens with one attached hydrogen (secondary N) is 2. The van der Waals surface area contributed by atoms with Crippen LogP contribution in [0.3, 0.4) is 0 Å². The van der Waals surface area contributed by atoms with Crippen LogP contribution in [0, 0.1) is 6.92 Å². The van der Waals surface area contributed by atoms with E-state index in [1.165, 1.54) is 5.56 Å². The number of hydrogen-bond donors (Lipinski definition) is 2. The molecule has 0 radical (unpaired) electrons. The van der Waals surface area contributed by atoms with Gasteiger partial charge in [-0.3, -0.25) is 4.79 Å². The largest absolute Gasteiger partial charge is 0.349 e. The molecule has 1 saturated heterocycles. The molecule has 114 valence electrons. The topological polar surface area (TPSA) is 41.1 Å². The zero-order chi connectivity index (χ0) is 15.4. The second-order valence-corrected chi connectivity index (χ2v) is 5.91. The van der Waals surface area contributed by atoms with Gasteiger partial charge in [0.05, 0.1) is 0 Å². The minimum absolute atomic E-state index is 0.0306. The lowest BCUT2D eigenvalue weighted by atomic mass is 9.97. The van der Waals surface area contributed by atoms with Gasteiger partial charge in [0.1, 0.15) is 0 Å². The molecule has 3 heteroatoms. The Kier molecular flexibility index (Phi) is 4.54. The molecule has 1 amide bonds. The Hall–Kier alpha value is -2.13. The number of aryl methyl sites for hydroxylation is 1. The number of carbonyl (C=O) groups excluding carboxylic acids is 1. The summed E-state index contributed by atoms with van der Waals surface area (Å²) in [5.74, 6) is 0.0306. The summed E-state index contributed by atoms with van der Waals surface area (Å²) < 4.78 is 0. The zero-order valence-corrected chi connectivity index (χ0v) is 12.9. The molecule has 0 aliphatic carbocycles. The SMILES string of the molecule is Cc1ccc(-c2ccccc2C(=O)NC2CCNCC2)cc1. The summed E-state index contributed by atoms with van der Waals surface area (Å²) in [4.78, 5) is 12.6. The second kappa shape index (κ2) is 6.75. The smallest absolute Gasteiger partial charge is 0.252 e. The van der Waals surface area contributed by atoms with Crippen LogP contribution in [-0.4, -0.2) is 25.0 Å². The zero-order valence-electron chi connectivity index (χ0n) is 12.9. The normalized spacial score (nSPS) is 15.5. The van der Waals surface area contributed by atoms with Crippen LogP contribution in [0.5, 0.6) is 0 Å². The van der Waals surface area contributed by atoms with Crippen LogP contribution < -0.4 is 10.6 Å². The van der Waals surface area contributed by atoms with Crippen LogP contribution in [-0.2, 0) is 0 Å². The fourth-order valence-electron chi connectivity index (χ4n) is 2.90. The Balaban J connectivity index is 1.84. The van der Waals surface area contributed by atoms with Gasteiger partial charge >= 0.3 is 0 Å². The van der Waals surface area contributed by atoms with E-state index in [9.17, 15) is 4.79 Å². The number of carbonyl (C=O) groups is 1. The maximum Gasteiger partial charge on any atom is 0.252 e.